The van der Waals surface area contributed by atoms with Crippen LogP contribution >= 0.6 is 0 Å². The Morgan fingerprint density at radius 3 is 2.54 bits per heavy atom. The molecule has 138 valence electrons. The summed E-state index contributed by atoms with van der Waals surface area (Å²) in [7, 11) is 1.49. The zero-order valence-corrected chi connectivity index (χ0v) is 15.4. The second kappa shape index (κ2) is 7.19. The maximum Gasteiger partial charge on any atom is 0.165 e. The fourth-order valence-electron chi connectivity index (χ4n) is 3.53. The lowest BCUT2D eigenvalue weighted by atomic mass is 10.1. The van der Waals surface area contributed by atoms with Crippen molar-refractivity contribution in [3.63, 3.8) is 0 Å². The van der Waals surface area contributed by atoms with Crippen LogP contribution in [0.4, 0.5) is 10.2 Å². The van der Waals surface area contributed by atoms with Gasteiger partial charge in [0.25, 0.3) is 0 Å². The van der Waals surface area contributed by atoms with Crippen LogP contribution in [-0.4, -0.2) is 48.2 Å². The van der Waals surface area contributed by atoms with Crippen LogP contribution in [0.25, 0.3) is 0 Å². The number of methoxy groups -OCH3 is 1. The summed E-state index contributed by atoms with van der Waals surface area (Å²) < 4.78 is 18.9. The summed E-state index contributed by atoms with van der Waals surface area (Å²) in [5, 5.41) is 0. The Bertz CT molecular complexity index is 785. The highest BCUT2D eigenvalue weighted by molar-refractivity contribution is 5.42. The molecule has 1 aliphatic carbocycles. The fraction of sp³-hybridized carbons (Fsp3) is 0.500. The Hall–Kier alpha value is -2.21. The predicted molar refractivity (Wildman–Crippen MR) is 99.2 cm³/mol. The third-order valence-electron chi connectivity index (χ3n) is 5.16. The van der Waals surface area contributed by atoms with Crippen LogP contribution in [0.2, 0.25) is 0 Å². The van der Waals surface area contributed by atoms with Crippen molar-refractivity contribution in [2.24, 2.45) is 0 Å². The van der Waals surface area contributed by atoms with E-state index in [-0.39, 0.29) is 5.82 Å². The van der Waals surface area contributed by atoms with Gasteiger partial charge in [-0.1, -0.05) is 6.07 Å². The molecule has 1 saturated carbocycles. The normalized spacial score (nSPS) is 18.2. The largest absolute Gasteiger partial charge is 0.494 e. The van der Waals surface area contributed by atoms with E-state index in [0.29, 0.717) is 11.7 Å². The van der Waals surface area contributed by atoms with E-state index in [1.807, 2.05) is 13.0 Å². The topological polar surface area (TPSA) is 41.5 Å². The maximum atomic E-state index is 13.9. The van der Waals surface area contributed by atoms with Crippen molar-refractivity contribution >= 4 is 5.82 Å². The number of aromatic nitrogens is 2. The Balaban J connectivity index is 1.37. The lowest BCUT2D eigenvalue weighted by Crippen LogP contribution is -2.46. The van der Waals surface area contributed by atoms with Gasteiger partial charge in [-0.15, -0.1) is 0 Å². The van der Waals surface area contributed by atoms with E-state index < -0.39 is 0 Å². The summed E-state index contributed by atoms with van der Waals surface area (Å²) in [6.45, 7) is 6.47. The molecule has 0 atom stereocenters. The summed E-state index contributed by atoms with van der Waals surface area (Å²) >= 11 is 0. The van der Waals surface area contributed by atoms with E-state index in [1.54, 1.807) is 12.1 Å². The van der Waals surface area contributed by atoms with E-state index in [9.17, 15) is 4.39 Å². The van der Waals surface area contributed by atoms with Crippen molar-refractivity contribution in [1.29, 1.82) is 0 Å². The first-order chi connectivity index (χ1) is 12.6. The number of rotatable bonds is 5. The number of nitrogens with zero attached hydrogens (tertiary/aromatic N) is 4. The van der Waals surface area contributed by atoms with E-state index in [1.165, 1.54) is 25.6 Å². The van der Waals surface area contributed by atoms with Crippen LogP contribution in [0.15, 0.2) is 24.3 Å². The highest BCUT2D eigenvalue weighted by atomic mass is 19.1. The molecule has 2 heterocycles. The van der Waals surface area contributed by atoms with Crippen LogP contribution in [-0.2, 0) is 6.54 Å². The first kappa shape index (κ1) is 17.2. The van der Waals surface area contributed by atoms with Gasteiger partial charge in [0.15, 0.2) is 11.6 Å². The molecule has 6 heteroatoms. The number of aryl methyl sites for hydroxylation is 1. The number of benzene rings is 1. The van der Waals surface area contributed by atoms with Crippen LogP contribution < -0.4 is 9.64 Å². The highest BCUT2D eigenvalue weighted by Gasteiger charge is 2.27. The number of ether oxygens (including phenoxy) is 1. The monoisotopic (exact) mass is 356 g/mol. The van der Waals surface area contributed by atoms with Gasteiger partial charge in [-0.3, -0.25) is 4.90 Å². The first-order valence-electron chi connectivity index (χ1n) is 9.27. The molecule has 26 heavy (non-hydrogen) atoms. The summed E-state index contributed by atoms with van der Waals surface area (Å²) in [6.07, 6.45) is 2.50. The molecule has 4 rings (SSSR count). The molecule has 0 amide bonds. The van der Waals surface area contributed by atoms with Crippen LogP contribution in [0.5, 0.6) is 5.75 Å². The van der Waals surface area contributed by atoms with E-state index >= 15 is 0 Å². The molecular formula is C20H25FN4O. The molecule has 1 aromatic heterocycles. The number of piperazine rings is 1. The quantitative estimate of drug-likeness (QED) is 0.823. The minimum absolute atomic E-state index is 0.296. The lowest BCUT2D eigenvalue weighted by molar-refractivity contribution is 0.248. The van der Waals surface area contributed by atoms with E-state index in [0.717, 1.165) is 49.9 Å². The number of hydrogen-bond donors (Lipinski definition) is 0. The summed E-state index contributed by atoms with van der Waals surface area (Å²) in [5.74, 6) is 2.55. The molecule has 0 N–H and O–H groups in total. The minimum atomic E-state index is -0.298. The lowest BCUT2D eigenvalue weighted by Gasteiger charge is -2.35. The molecule has 2 aliphatic rings. The zero-order chi connectivity index (χ0) is 18.1. The highest BCUT2D eigenvalue weighted by Crippen LogP contribution is 2.39. The van der Waals surface area contributed by atoms with Crippen LogP contribution in [0, 0.1) is 12.7 Å². The van der Waals surface area contributed by atoms with Gasteiger partial charge in [0.2, 0.25) is 0 Å². The average molecular weight is 356 g/mol. The maximum absolute atomic E-state index is 13.9. The average Bonchev–Trinajstić information content (AvgIpc) is 3.47. The summed E-state index contributed by atoms with van der Waals surface area (Å²) in [4.78, 5) is 13.9. The Kier molecular flexibility index (Phi) is 4.76. The van der Waals surface area contributed by atoms with Crippen molar-refractivity contribution in [2.75, 3.05) is 38.2 Å². The van der Waals surface area contributed by atoms with Crippen molar-refractivity contribution in [3.05, 3.63) is 47.2 Å². The SMILES string of the molecule is COc1ccc(CN2CCN(c3cc(C4CC4)nc(C)n3)CC2)cc1F. The minimum Gasteiger partial charge on any atom is -0.494 e. The second-order valence-electron chi connectivity index (χ2n) is 7.20. The Labute approximate surface area is 153 Å². The van der Waals surface area contributed by atoms with E-state index in [4.69, 9.17) is 4.74 Å². The van der Waals surface area contributed by atoms with Crippen LogP contribution in [0.3, 0.4) is 0 Å². The Morgan fingerprint density at radius 2 is 1.88 bits per heavy atom. The van der Waals surface area contributed by atoms with Gasteiger partial charge in [0.05, 0.1) is 7.11 Å². The number of hydrogen-bond acceptors (Lipinski definition) is 5. The molecule has 2 aromatic rings. The zero-order valence-electron chi connectivity index (χ0n) is 15.4. The van der Waals surface area contributed by atoms with Crippen molar-refractivity contribution in [2.45, 2.75) is 32.2 Å². The van der Waals surface area contributed by atoms with Gasteiger partial charge in [-0.05, 0) is 37.5 Å². The Morgan fingerprint density at radius 1 is 1.12 bits per heavy atom. The van der Waals surface area contributed by atoms with Gasteiger partial charge >= 0.3 is 0 Å². The smallest absolute Gasteiger partial charge is 0.165 e. The number of anilines is 1. The molecule has 2 fully saturated rings. The third kappa shape index (κ3) is 3.80. The van der Waals surface area contributed by atoms with Crippen molar-refractivity contribution < 1.29 is 9.13 Å². The molecule has 0 unspecified atom stereocenters. The standard InChI is InChI=1S/C20H25FN4O/c1-14-22-18(16-4-5-16)12-20(23-14)25-9-7-24(8-10-25)13-15-3-6-19(26-2)17(21)11-15/h3,6,11-12,16H,4-5,7-10,13H2,1-2H3. The first-order valence-corrected chi connectivity index (χ1v) is 9.27. The molecule has 1 saturated heterocycles. The molecule has 0 radical (unpaired) electrons. The van der Waals surface area contributed by atoms with Gasteiger partial charge in [-0.25, -0.2) is 14.4 Å². The van der Waals surface area contributed by atoms with Gasteiger partial charge < -0.3 is 9.64 Å². The fourth-order valence-corrected chi connectivity index (χ4v) is 3.53. The molecule has 5 nitrogen and oxygen atoms in total. The third-order valence-corrected chi connectivity index (χ3v) is 5.16. The van der Waals surface area contributed by atoms with Gasteiger partial charge in [0, 0.05) is 50.4 Å². The molecule has 0 bridgehead atoms. The van der Waals surface area contributed by atoms with Gasteiger partial charge in [-0.2, -0.15) is 0 Å². The van der Waals surface area contributed by atoms with Crippen LogP contribution in [0.1, 0.15) is 35.8 Å². The molecular weight excluding hydrogens is 331 g/mol. The predicted octanol–water partition coefficient (Wildman–Crippen LogP) is 3.13. The molecule has 1 aliphatic heterocycles. The molecule has 1 aromatic carbocycles. The van der Waals surface area contributed by atoms with E-state index in [2.05, 4.69) is 25.8 Å². The van der Waals surface area contributed by atoms with Crippen molar-refractivity contribution in [3.8, 4) is 5.75 Å². The molecule has 0 spiro atoms. The number of halogens is 1. The van der Waals surface area contributed by atoms with Gasteiger partial charge in [0.1, 0.15) is 11.6 Å². The summed E-state index contributed by atoms with van der Waals surface area (Å²) in [6, 6.07) is 7.37. The second-order valence-corrected chi connectivity index (χ2v) is 7.20. The van der Waals surface area contributed by atoms with Crippen molar-refractivity contribution in [1.82, 2.24) is 14.9 Å². The summed E-state index contributed by atoms with van der Waals surface area (Å²) in [5.41, 5.74) is 2.18.